The molecular formula is C12H18N2O4S. The summed E-state index contributed by atoms with van der Waals surface area (Å²) in [6, 6.07) is 6.37. The third-order valence-electron chi connectivity index (χ3n) is 2.37. The van der Waals surface area contributed by atoms with Gasteiger partial charge in [0.1, 0.15) is 4.90 Å². The quantitative estimate of drug-likeness (QED) is 0.577. The second-order valence-electron chi connectivity index (χ2n) is 3.88. The Hall–Kier alpha value is -1.60. The number of benzene rings is 1. The fraction of sp³-hybridized carbons (Fsp3) is 0.417. The summed E-state index contributed by atoms with van der Waals surface area (Å²) in [7, 11) is -3.75. The summed E-state index contributed by atoms with van der Waals surface area (Å²) < 4.78 is 27.5. The molecule has 0 aliphatic heterocycles. The molecule has 0 heterocycles. The van der Waals surface area contributed by atoms with E-state index in [4.69, 9.17) is 9.88 Å². The molecule has 1 rings (SSSR count). The van der Waals surface area contributed by atoms with Gasteiger partial charge in [0.05, 0.1) is 12.3 Å². The van der Waals surface area contributed by atoms with E-state index in [1.54, 1.807) is 25.1 Å². The van der Waals surface area contributed by atoms with Gasteiger partial charge >= 0.3 is 5.97 Å². The maximum atomic E-state index is 11.3. The molecule has 0 aromatic heterocycles. The van der Waals surface area contributed by atoms with E-state index in [-0.39, 0.29) is 10.9 Å². The van der Waals surface area contributed by atoms with Crippen LogP contribution >= 0.6 is 0 Å². The van der Waals surface area contributed by atoms with Crippen LogP contribution in [0.2, 0.25) is 0 Å². The number of esters is 1. The van der Waals surface area contributed by atoms with Gasteiger partial charge in [-0.05, 0) is 25.5 Å². The van der Waals surface area contributed by atoms with Gasteiger partial charge in [-0.1, -0.05) is 12.1 Å². The number of rotatable bonds is 7. The second-order valence-corrected chi connectivity index (χ2v) is 5.41. The van der Waals surface area contributed by atoms with Gasteiger partial charge in [0.25, 0.3) is 0 Å². The number of primary sulfonamides is 1. The van der Waals surface area contributed by atoms with E-state index >= 15 is 0 Å². The zero-order valence-electron chi connectivity index (χ0n) is 10.8. The van der Waals surface area contributed by atoms with Crippen molar-refractivity contribution in [1.82, 2.24) is 0 Å². The number of nitrogens with one attached hydrogen (secondary N) is 1. The molecule has 0 aliphatic rings. The number of hydrogen-bond donors (Lipinski definition) is 2. The first-order chi connectivity index (χ1) is 8.95. The van der Waals surface area contributed by atoms with Gasteiger partial charge < -0.3 is 10.1 Å². The number of hydrogen-bond acceptors (Lipinski definition) is 5. The van der Waals surface area contributed by atoms with Crippen LogP contribution in [0.15, 0.2) is 29.2 Å². The summed E-state index contributed by atoms with van der Waals surface area (Å²) in [4.78, 5) is 11.2. The highest BCUT2D eigenvalue weighted by molar-refractivity contribution is 7.89. The first-order valence-corrected chi connectivity index (χ1v) is 7.51. The Morgan fingerprint density at radius 2 is 2.05 bits per heavy atom. The van der Waals surface area contributed by atoms with Crippen LogP contribution in [0.1, 0.15) is 19.8 Å². The average Bonchev–Trinajstić information content (AvgIpc) is 2.34. The number of sulfonamides is 1. The van der Waals surface area contributed by atoms with Gasteiger partial charge in [-0.25, -0.2) is 13.6 Å². The zero-order valence-corrected chi connectivity index (χ0v) is 11.6. The van der Waals surface area contributed by atoms with Gasteiger partial charge in [-0.2, -0.15) is 0 Å². The third kappa shape index (κ3) is 5.27. The van der Waals surface area contributed by atoms with Crippen molar-refractivity contribution in [3.63, 3.8) is 0 Å². The monoisotopic (exact) mass is 286 g/mol. The summed E-state index contributed by atoms with van der Waals surface area (Å²) in [5.41, 5.74) is 0.439. The van der Waals surface area contributed by atoms with Crippen molar-refractivity contribution < 1.29 is 17.9 Å². The maximum absolute atomic E-state index is 11.3. The summed E-state index contributed by atoms with van der Waals surface area (Å²) in [6.45, 7) is 2.57. The predicted molar refractivity (Wildman–Crippen MR) is 72.2 cm³/mol. The average molecular weight is 286 g/mol. The summed E-state index contributed by atoms with van der Waals surface area (Å²) in [5.74, 6) is -0.260. The fourth-order valence-corrected chi connectivity index (χ4v) is 2.26. The fourth-order valence-electron chi connectivity index (χ4n) is 1.55. The molecule has 0 spiro atoms. The second kappa shape index (κ2) is 7.10. The first kappa shape index (κ1) is 15.5. The molecule has 7 heteroatoms. The standard InChI is InChI=1S/C12H18N2O4S/c1-2-18-12(15)8-5-9-14-10-6-3-4-7-11(10)19(13,16)17/h3-4,6-7,14H,2,5,8-9H2,1H3,(H2,13,16,17). The Morgan fingerprint density at radius 1 is 1.37 bits per heavy atom. The Bertz CT molecular complexity index is 528. The Balaban J connectivity index is 2.53. The third-order valence-corrected chi connectivity index (χ3v) is 3.34. The van der Waals surface area contributed by atoms with Crippen LogP contribution in [0.5, 0.6) is 0 Å². The predicted octanol–water partition coefficient (Wildman–Crippen LogP) is 1.09. The summed E-state index contributed by atoms with van der Waals surface area (Å²) >= 11 is 0. The van der Waals surface area contributed by atoms with Crippen LogP contribution in [-0.4, -0.2) is 27.5 Å². The molecule has 6 nitrogen and oxygen atoms in total. The molecule has 1 aromatic rings. The number of anilines is 1. The summed E-state index contributed by atoms with van der Waals surface area (Å²) in [5, 5.41) is 8.06. The zero-order chi connectivity index (χ0) is 14.3. The lowest BCUT2D eigenvalue weighted by Crippen LogP contribution is -2.15. The minimum atomic E-state index is -3.75. The van der Waals surface area contributed by atoms with E-state index in [1.165, 1.54) is 6.07 Å². The molecule has 3 N–H and O–H groups in total. The highest BCUT2D eigenvalue weighted by atomic mass is 32.2. The molecule has 19 heavy (non-hydrogen) atoms. The van der Waals surface area contributed by atoms with Crippen molar-refractivity contribution in [1.29, 1.82) is 0 Å². The van der Waals surface area contributed by atoms with Crippen LogP contribution in [0.3, 0.4) is 0 Å². The molecule has 106 valence electrons. The number of para-hydroxylation sites is 1. The lowest BCUT2D eigenvalue weighted by Gasteiger charge is -2.10. The van der Waals surface area contributed by atoms with E-state index in [2.05, 4.69) is 5.32 Å². The number of nitrogens with two attached hydrogens (primary N) is 1. The number of carbonyl (C=O) groups is 1. The van der Waals surface area contributed by atoms with Crippen molar-refractivity contribution in [3.05, 3.63) is 24.3 Å². The van der Waals surface area contributed by atoms with E-state index in [0.29, 0.717) is 31.7 Å². The highest BCUT2D eigenvalue weighted by Gasteiger charge is 2.12. The van der Waals surface area contributed by atoms with Crippen molar-refractivity contribution in [2.24, 2.45) is 5.14 Å². The topological polar surface area (TPSA) is 98.5 Å². The number of carbonyl (C=O) groups excluding carboxylic acids is 1. The van der Waals surface area contributed by atoms with Gasteiger partial charge in [-0.3, -0.25) is 4.79 Å². The molecule has 0 radical (unpaired) electrons. The molecule has 0 unspecified atom stereocenters. The molecule has 0 aliphatic carbocycles. The lowest BCUT2D eigenvalue weighted by molar-refractivity contribution is -0.143. The molecule has 0 saturated carbocycles. The smallest absolute Gasteiger partial charge is 0.305 e. The molecule has 0 amide bonds. The van der Waals surface area contributed by atoms with Crippen LogP contribution < -0.4 is 10.5 Å². The van der Waals surface area contributed by atoms with E-state index in [9.17, 15) is 13.2 Å². The van der Waals surface area contributed by atoms with E-state index < -0.39 is 10.0 Å². The van der Waals surface area contributed by atoms with E-state index in [1.807, 2.05) is 0 Å². The van der Waals surface area contributed by atoms with Crippen molar-refractivity contribution in [2.75, 3.05) is 18.5 Å². The Kier molecular flexibility index (Phi) is 5.78. The van der Waals surface area contributed by atoms with Gasteiger partial charge in [0.15, 0.2) is 0 Å². The largest absolute Gasteiger partial charge is 0.466 e. The van der Waals surface area contributed by atoms with Crippen molar-refractivity contribution >= 4 is 21.7 Å². The molecule has 0 fully saturated rings. The Labute approximate surface area is 113 Å². The lowest BCUT2D eigenvalue weighted by atomic mass is 10.3. The first-order valence-electron chi connectivity index (χ1n) is 5.96. The molecular weight excluding hydrogens is 268 g/mol. The maximum Gasteiger partial charge on any atom is 0.305 e. The number of ether oxygens (including phenoxy) is 1. The minimum absolute atomic E-state index is 0.0473. The van der Waals surface area contributed by atoms with Gasteiger partial charge in [0.2, 0.25) is 10.0 Å². The molecule has 0 saturated heterocycles. The highest BCUT2D eigenvalue weighted by Crippen LogP contribution is 2.19. The van der Waals surface area contributed by atoms with Gasteiger partial charge in [0, 0.05) is 13.0 Å². The van der Waals surface area contributed by atoms with E-state index in [0.717, 1.165) is 0 Å². The SMILES string of the molecule is CCOC(=O)CCCNc1ccccc1S(N)(=O)=O. The normalized spacial score (nSPS) is 11.1. The molecule has 1 aromatic carbocycles. The van der Waals surface area contributed by atoms with Gasteiger partial charge in [-0.15, -0.1) is 0 Å². The van der Waals surface area contributed by atoms with Crippen LogP contribution in [0.4, 0.5) is 5.69 Å². The summed E-state index contributed by atoms with van der Waals surface area (Å²) in [6.07, 6.45) is 0.843. The van der Waals surface area contributed by atoms with Crippen LogP contribution in [0.25, 0.3) is 0 Å². The molecule has 0 atom stereocenters. The van der Waals surface area contributed by atoms with Crippen molar-refractivity contribution in [3.8, 4) is 0 Å². The Morgan fingerprint density at radius 3 is 2.68 bits per heavy atom. The molecule has 0 bridgehead atoms. The minimum Gasteiger partial charge on any atom is -0.466 e. The van der Waals surface area contributed by atoms with Crippen molar-refractivity contribution in [2.45, 2.75) is 24.7 Å². The van der Waals surface area contributed by atoms with Crippen LogP contribution in [-0.2, 0) is 19.6 Å². The van der Waals surface area contributed by atoms with Crippen LogP contribution in [0, 0.1) is 0 Å².